The van der Waals surface area contributed by atoms with Crippen molar-refractivity contribution in [3.05, 3.63) is 47.0 Å². The Morgan fingerprint density at radius 1 is 1.24 bits per heavy atom. The maximum Gasteiger partial charge on any atom is 0.333 e. The van der Waals surface area contributed by atoms with Crippen molar-refractivity contribution in [3.63, 3.8) is 0 Å². The van der Waals surface area contributed by atoms with Gasteiger partial charge in [0.05, 0.1) is 38.6 Å². The number of rotatable bonds is 5. The molecule has 4 heterocycles. The fourth-order valence-corrected chi connectivity index (χ4v) is 9.31. The molecule has 9 heteroatoms. The van der Waals surface area contributed by atoms with Crippen molar-refractivity contribution in [1.29, 1.82) is 0 Å². The van der Waals surface area contributed by atoms with E-state index >= 15 is 0 Å². The number of hydrogen-bond acceptors (Lipinski definition) is 9. The fourth-order valence-electron chi connectivity index (χ4n) is 9.31. The molecule has 3 saturated heterocycles. The predicted octanol–water partition coefficient (Wildman–Crippen LogP) is 4.80. The average molecular weight is 569 g/mol. The van der Waals surface area contributed by atoms with Crippen molar-refractivity contribution in [3.8, 4) is 0 Å². The maximum atomic E-state index is 13.2. The summed E-state index contributed by atoms with van der Waals surface area (Å²) in [6.07, 6.45) is 5.75. The number of ether oxygens (including phenoxy) is 4. The molecule has 41 heavy (non-hydrogen) atoms. The van der Waals surface area contributed by atoms with E-state index in [1.165, 1.54) is 7.11 Å². The van der Waals surface area contributed by atoms with Gasteiger partial charge in [0.25, 0.3) is 0 Å². The second kappa shape index (κ2) is 9.30. The molecule has 9 atom stereocenters. The van der Waals surface area contributed by atoms with Gasteiger partial charge in [-0.15, -0.1) is 0 Å². The lowest BCUT2D eigenvalue weighted by Gasteiger charge is -2.74. The summed E-state index contributed by atoms with van der Waals surface area (Å²) in [6, 6.07) is 1.83. The number of fused-ring (bicyclic) bond motifs is 3. The number of carbonyl (C=O) groups is 3. The molecule has 0 radical (unpaired) electrons. The Hall–Kier alpha value is -2.91. The Labute approximate surface area is 240 Å². The summed E-state index contributed by atoms with van der Waals surface area (Å²) in [4.78, 5) is 39.2. The van der Waals surface area contributed by atoms with Crippen molar-refractivity contribution in [2.45, 2.75) is 84.7 Å². The first-order valence-electron chi connectivity index (χ1n) is 14.6. The molecule has 1 N–H and O–H groups in total. The van der Waals surface area contributed by atoms with E-state index in [0.29, 0.717) is 18.4 Å². The lowest BCUT2D eigenvalue weighted by molar-refractivity contribution is -0.438. The minimum atomic E-state index is -1.64. The van der Waals surface area contributed by atoms with Crippen molar-refractivity contribution in [1.82, 2.24) is 0 Å². The minimum absolute atomic E-state index is 0.0502. The third-order valence-corrected chi connectivity index (χ3v) is 11.6. The summed E-state index contributed by atoms with van der Waals surface area (Å²) < 4.78 is 29.0. The predicted molar refractivity (Wildman–Crippen MR) is 145 cm³/mol. The van der Waals surface area contributed by atoms with Crippen molar-refractivity contribution >= 4 is 17.9 Å². The van der Waals surface area contributed by atoms with Crippen LogP contribution in [0.4, 0.5) is 0 Å². The van der Waals surface area contributed by atoms with E-state index in [-0.39, 0.29) is 37.3 Å². The van der Waals surface area contributed by atoms with E-state index in [1.807, 2.05) is 19.9 Å². The molecule has 3 aliphatic carbocycles. The van der Waals surface area contributed by atoms with Crippen LogP contribution in [-0.2, 0) is 33.3 Å². The number of methoxy groups -OCH3 is 1. The number of allylic oxidation sites excluding steroid dienone is 2. The first-order valence-corrected chi connectivity index (χ1v) is 14.6. The fraction of sp³-hybridized carbons (Fsp3) is 0.656. The van der Waals surface area contributed by atoms with Crippen LogP contribution in [0.1, 0.15) is 78.4 Å². The van der Waals surface area contributed by atoms with Crippen LogP contribution in [-0.4, -0.2) is 48.6 Å². The minimum Gasteiger partial charge on any atom is -0.472 e. The van der Waals surface area contributed by atoms with Gasteiger partial charge in [-0.05, 0) is 56.6 Å². The molecule has 5 fully saturated rings. The van der Waals surface area contributed by atoms with Crippen LogP contribution >= 0.6 is 0 Å². The molecular formula is C32H40O9. The number of esters is 3. The Kier molecular flexibility index (Phi) is 6.40. The van der Waals surface area contributed by atoms with Gasteiger partial charge in [0.2, 0.25) is 0 Å². The molecule has 9 nitrogen and oxygen atoms in total. The smallest absolute Gasteiger partial charge is 0.333 e. The summed E-state index contributed by atoms with van der Waals surface area (Å²) in [6.45, 7) is 9.78. The first-order chi connectivity index (χ1) is 19.3. The summed E-state index contributed by atoms with van der Waals surface area (Å²) in [5.41, 5.74) is 1.27. The third kappa shape index (κ3) is 3.63. The van der Waals surface area contributed by atoms with Gasteiger partial charge in [-0.25, -0.2) is 4.79 Å². The summed E-state index contributed by atoms with van der Waals surface area (Å²) in [7, 11) is 1.36. The topological polar surface area (TPSA) is 122 Å². The van der Waals surface area contributed by atoms with E-state index < -0.39 is 52.0 Å². The maximum absolute atomic E-state index is 13.2. The first kappa shape index (κ1) is 28.2. The Morgan fingerprint density at radius 2 is 2.00 bits per heavy atom. The van der Waals surface area contributed by atoms with E-state index in [4.69, 9.17) is 23.4 Å². The molecule has 1 aromatic rings. The number of cyclic esters (lactones) is 1. The van der Waals surface area contributed by atoms with Gasteiger partial charge >= 0.3 is 17.9 Å². The normalized spacial score (nSPS) is 43.1. The molecule has 3 aliphatic heterocycles. The van der Waals surface area contributed by atoms with E-state index in [0.717, 1.165) is 23.1 Å². The highest BCUT2D eigenvalue weighted by molar-refractivity contribution is 5.87. The van der Waals surface area contributed by atoms with Crippen molar-refractivity contribution in [2.75, 3.05) is 13.7 Å². The molecule has 4 bridgehead atoms. The van der Waals surface area contributed by atoms with Gasteiger partial charge in [0, 0.05) is 33.8 Å². The number of carbonyl (C=O) groups excluding carboxylic acids is 3. The number of furan rings is 1. The van der Waals surface area contributed by atoms with Crippen molar-refractivity contribution in [2.24, 2.45) is 34.0 Å². The summed E-state index contributed by atoms with van der Waals surface area (Å²) in [5.74, 6) is -3.93. The third-order valence-electron chi connectivity index (χ3n) is 11.6. The largest absolute Gasteiger partial charge is 0.472 e. The Bertz CT molecular complexity index is 1340. The highest BCUT2D eigenvalue weighted by Crippen LogP contribution is 2.74. The average Bonchev–Trinajstić information content (AvgIpc) is 3.48. The van der Waals surface area contributed by atoms with E-state index in [1.54, 1.807) is 32.4 Å². The van der Waals surface area contributed by atoms with Crippen LogP contribution in [0.5, 0.6) is 0 Å². The van der Waals surface area contributed by atoms with Crippen LogP contribution < -0.4 is 0 Å². The molecule has 0 spiro atoms. The second-order valence-corrected chi connectivity index (χ2v) is 13.3. The molecular weight excluding hydrogens is 528 g/mol. The van der Waals surface area contributed by atoms with Gasteiger partial charge in [-0.2, -0.15) is 0 Å². The standard InChI is InChI=1S/C32H40O9/c1-7-17(2)28(35)41-27-22-12-19-20(31(5)23(14-24(33)37-6)30(27,4)16-39-32(22,31)36)8-10-29(3)21(19)13-25(34)40-26(29)18-9-11-38-15-18/h7,9,11,15,20,22-23,26-27,36H,8,10,12-14,16H2,1-6H3/b17-7+/t20-,22-,23-,26-,27+,29+,30-,31+,32+/m0/s1. The van der Waals surface area contributed by atoms with E-state index in [2.05, 4.69) is 6.92 Å². The molecule has 7 rings (SSSR count). The highest BCUT2D eigenvalue weighted by Gasteiger charge is 2.79. The van der Waals surface area contributed by atoms with Gasteiger partial charge in [-0.3, -0.25) is 9.59 Å². The highest BCUT2D eigenvalue weighted by atomic mass is 16.6. The lowest BCUT2D eigenvalue weighted by Crippen LogP contribution is -2.80. The van der Waals surface area contributed by atoms with Crippen LogP contribution in [0.2, 0.25) is 0 Å². The van der Waals surface area contributed by atoms with Crippen LogP contribution in [0.3, 0.4) is 0 Å². The van der Waals surface area contributed by atoms with Crippen LogP contribution in [0, 0.1) is 34.0 Å². The van der Waals surface area contributed by atoms with Crippen molar-refractivity contribution < 1.29 is 42.9 Å². The molecule has 0 unspecified atom stereocenters. The quantitative estimate of drug-likeness (QED) is 0.231. The second-order valence-electron chi connectivity index (χ2n) is 13.3. The van der Waals surface area contributed by atoms with Gasteiger partial charge < -0.3 is 28.5 Å². The number of hydrogen-bond donors (Lipinski definition) is 1. The Morgan fingerprint density at radius 3 is 2.66 bits per heavy atom. The van der Waals surface area contributed by atoms with Crippen LogP contribution in [0.25, 0.3) is 0 Å². The zero-order valence-electron chi connectivity index (χ0n) is 24.7. The molecule has 6 aliphatic rings. The zero-order chi connectivity index (χ0) is 29.5. The Balaban J connectivity index is 1.54. The lowest BCUT2D eigenvalue weighted by atomic mass is 9.37. The molecule has 0 aromatic carbocycles. The van der Waals surface area contributed by atoms with Gasteiger partial charge in [-0.1, -0.05) is 32.4 Å². The SMILES string of the molecule is C/C=C(\C)C(=O)O[C@@H]1[C@@H]2CC3=C4CC(=O)O[C@@H](c5ccoc5)[C@]4(C)CC[C@@H]3[C@]3(C)[C@@H](CC(=O)OC)[C@]1(C)CO[C@]23O. The molecule has 1 aromatic heterocycles. The zero-order valence-corrected chi connectivity index (χ0v) is 24.7. The van der Waals surface area contributed by atoms with Gasteiger partial charge in [0.1, 0.15) is 12.2 Å². The van der Waals surface area contributed by atoms with E-state index in [9.17, 15) is 19.5 Å². The molecule has 2 saturated carbocycles. The van der Waals surface area contributed by atoms with Gasteiger partial charge in [0.15, 0.2) is 5.79 Å². The molecule has 222 valence electrons. The number of aliphatic hydroxyl groups is 1. The van der Waals surface area contributed by atoms with Crippen LogP contribution in [0.15, 0.2) is 45.8 Å². The molecule has 0 amide bonds. The summed E-state index contributed by atoms with van der Waals surface area (Å²) in [5, 5.41) is 12.6. The monoisotopic (exact) mass is 568 g/mol. The summed E-state index contributed by atoms with van der Waals surface area (Å²) >= 11 is 0.